The lowest BCUT2D eigenvalue weighted by Crippen LogP contribution is -2.60. The topological polar surface area (TPSA) is 59.4 Å². The van der Waals surface area contributed by atoms with Crippen LogP contribution >= 0.6 is 0 Å². The van der Waals surface area contributed by atoms with Gasteiger partial charge in [-0.15, -0.1) is 0 Å². The molecule has 0 saturated carbocycles. The van der Waals surface area contributed by atoms with E-state index < -0.39 is 0 Å². The van der Waals surface area contributed by atoms with Crippen LogP contribution in [0.15, 0.2) is 72.8 Å². The van der Waals surface area contributed by atoms with Crippen molar-refractivity contribution < 1.29 is 18.3 Å². The van der Waals surface area contributed by atoms with E-state index in [2.05, 4.69) is 15.3 Å². The van der Waals surface area contributed by atoms with Crippen molar-refractivity contribution in [1.29, 1.82) is 0 Å². The lowest BCUT2D eigenvalue weighted by Gasteiger charge is -2.48. The standard InChI is InChI=1S/C29H28F2N4O2/c30-21-9-5-19(6-10-21)15-34-24-13-23(14-25(34)18-37-17-24)32-29(36)28-26-3-1-2-4-27(26)35(33-28)16-20-7-11-22(31)12-8-20/h1-12,23-25H,13-18H2,(H,32,36). The molecule has 2 aliphatic heterocycles. The zero-order valence-corrected chi connectivity index (χ0v) is 20.3. The zero-order valence-electron chi connectivity index (χ0n) is 20.3. The second-order valence-electron chi connectivity index (χ2n) is 9.94. The van der Waals surface area contributed by atoms with E-state index >= 15 is 0 Å². The van der Waals surface area contributed by atoms with Crippen LogP contribution in [0.1, 0.15) is 34.5 Å². The zero-order chi connectivity index (χ0) is 25.4. The number of ether oxygens (including phenoxy) is 1. The molecule has 2 unspecified atom stereocenters. The molecule has 0 aliphatic carbocycles. The molecule has 3 heterocycles. The van der Waals surface area contributed by atoms with Gasteiger partial charge in [-0.2, -0.15) is 5.10 Å². The summed E-state index contributed by atoms with van der Waals surface area (Å²) in [5, 5.41) is 8.70. The molecule has 37 heavy (non-hydrogen) atoms. The predicted molar refractivity (Wildman–Crippen MR) is 136 cm³/mol. The fourth-order valence-electron chi connectivity index (χ4n) is 5.60. The molecule has 8 heteroatoms. The van der Waals surface area contributed by atoms with E-state index in [1.807, 2.05) is 36.4 Å². The summed E-state index contributed by atoms with van der Waals surface area (Å²) in [6.07, 6.45) is 1.55. The fraction of sp³-hybridized carbons (Fsp3) is 0.310. The van der Waals surface area contributed by atoms with Gasteiger partial charge in [-0.25, -0.2) is 8.78 Å². The van der Waals surface area contributed by atoms with Gasteiger partial charge in [0, 0.05) is 30.1 Å². The van der Waals surface area contributed by atoms with Crippen molar-refractivity contribution in [2.45, 2.75) is 44.1 Å². The van der Waals surface area contributed by atoms with Gasteiger partial charge in [0.25, 0.3) is 5.91 Å². The molecule has 1 aromatic heterocycles. The summed E-state index contributed by atoms with van der Waals surface area (Å²) >= 11 is 0. The number of fused-ring (bicyclic) bond motifs is 3. The second kappa shape index (κ2) is 10.0. The Morgan fingerprint density at radius 1 is 0.865 bits per heavy atom. The molecule has 1 amide bonds. The summed E-state index contributed by atoms with van der Waals surface area (Å²) in [5.41, 5.74) is 3.23. The van der Waals surface area contributed by atoms with Gasteiger partial charge < -0.3 is 10.1 Å². The number of carbonyl (C=O) groups excluding carboxylic acids is 1. The van der Waals surface area contributed by atoms with E-state index in [0.29, 0.717) is 25.5 Å². The summed E-state index contributed by atoms with van der Waals surface area (Å²) in [7, 11) is 0. The van der Waals surface area contributed by atoms with Gasteiger partial charge in [0.1, 0.15) is 11.6 Å². The molecular formula is C29H28F2N4O2. The minimum Gasteiger partial charge on any atom is -0.378 e. The summed E-state index contributed by atoms with van der Waals surface area (Å²) < 4.78 is 34.3. The number of halogens is 2. The number of nitrogens with zero attached hydrogens (tertiary/aromatic N) is 3. The van der Waals surface area contributed by atoms with Crippen LogP contribution in [-0.4, -0.2) is 51.9 Å². The number of piperidine rings is 1. The van der Waals surface area contributed by atoms with Crippen molar-refractivity contribution in [3.63, 3.8) is 0 Å². The normalized spacial score (nSPS) is 21.7. The molecule has 190 valence electrons. The maximum atomic E-state index is 13.4. The molecule has 6 rings (SSSR count). The lowest BCUT2D eigenvalue weighted by molar-refractivity contribution is -0.0843. The minimum atomic E-state index is -0.284. The highest BCUT2D eigenvalue weighted by atomic mass is 19.1. The largest absolute Gasteiger partial charge is 0.378 e. The first-order chi connectivity index (χ1) is 18.0. The Hall–Kier alpha value is -3.62. The first kappa shape index (κ1) is 23.8. The number of benzene rings is 3. The summed E-state index contributed by atoms with van der Waals surface area (Å²) in [6, 6.07) is 21.0. The van der Waals surface area contributed by atoms with Crippen molar-refractivity contribution in [1.82, 2.24) is 20.0 Å². The molecule has 2 saturated heterocycles. The number of amides is 1. The third-order valence-corrected chi connectivity index (χ3v) is 7.40. The predicted octanol–water partition coefficient (Wildman–Crippen LogP) is 4.52. The Kier molecular flexibility index (Phi) is 6.44. The number of carbonyl (C=O) groups is 1. The molecular weight excluding hydrogens is 474 g/mol. The third kappa shape index (κ3) is 4.99. The lowest BCUT2D eigenvalue weighted by atomic mass is 9.89. The van der Waals surface area contributed by atoms with Crippen LogP contribution < -0.4 is 5.32 Å². The van der Waals surface area contributed by atoms with Crippen molar-refractivity contribution in [3.8, 4) is 0 Å². The van der Waals surface area contributed by atoms with E-state index in [1.54, 1.807) is 16.8 Å². The number of morpholine rings is 1. The van der Waals surface area contributed by atoms with Gasteiger partial charge in [0.05, 0.1) is 25.3 Å². The molecule has 6 nitrogen and oxygen atoms in total. The Balaban J connectivity index is 1.18. The Morgan fingerprint density at radius 2 is 1.46 bits per heavy atom. The number of rotatable bonds is 6. The number of nitrogens with one attached hydrogen (secondary N) is 1. The second-order valence-corrected chi connectivity index (χ2v) is 9.94. The number of para-hydroxylation sites is 1. The average Bonchev–Trinajstić information content (AvgIpc) is 3.26. The van der Waals surface area contributed by atoms with Crippen LogP contribution in [0.25, 0.3) is 10.9 Å². The van der Waals surface area contributed by atoms with Crippen LogP contribution in [0.3, 0.4) is 0 Å². The van der Waals surface area contributed by atoms with Gasteiger partial charge in [-0.1, -0.05) is 42.5 Å². The SMILES string of the molecule is O=C(NC1CC2COCC(C1)N2Cc1ccc(F)cc1)c1nn(Cc2ccc(F)cc2)c2ccccc12. The highest BCUT2D eigenvalue weighted by Gasteiger charge is 2.39. The van der Waals surface area contributed by atoms with Crippen molar-refractivity contribution in [2.24, 2.45) is 0 Å². The van der Waals surface area contributed by atoms with Crippen LogP contribution in [0.4, 0.5) is 8.78 Å². The highest BCUT2D eigenvalue weighted by molar-refractivity contribution is 6.05. The van der Waals surface area contributed by atoms with E-state index in [0.717, 1.165) is 41.4 Å². The van der Waals surface area contributed by atoms with E-state index in [-0.39, 0.29) is 35.7 Å². The fourth-order valence-corrected chi connectivity index (χ4v) is 5.60. The number of hydrogen-bond acceptors (Lipinski definition) is 4. The van der Waals surface area contributed by atoms with Gasteiger partial charge >= 0.3 is 0 Å². The highest BCUT2D eigenvalue weighted by Crippen LogP contribution is 2.30. The Morgan fingerprint density at radius 3 is 2.11 bits per heavy atom. The minimum absolute atomic E-state index is 0.0110. The monoisotopic (exact) mass is 502 g/mol. The van der Waals surface area contributed by atoms with Crippen LogP contribution in [0.2, 0.25) is 0 Å². The van der Waals surface area contributed by atoms with Gasteiger partial charge in [-0.05, 0) is 54.3 Å². The van der Waals surface area contributed by atoms with Gasteiger partial charge in [0.15, 0.2) is 5.69 Å². The van der Waals surface area contributed by atoms with Crippen molar-refractivity contribution >= 4 is 16.8 Å². The molecule has 2 atom stereocenters. The average molecular weight is 503 g/mol. The first-order valence-electron chi connectivity index (χ1n) is 12.6. The number of aromatic nitrogens is 2. The van der Waals surface area contributed by atoms with Gasteiger partial charge in [0.2, 0.25) is 0 Å². The van der Waals surface area contributed by atoms with E-state index in [4.69, 9.17) is 4.74 Å². The summed E-state index contributed by atoms with van der Waals surface area (Å²) in [5.74, 6) is -0.709. The summed E-state index contributed by atoms with van der Waals surface area (Å²) in [4.78, 5) is 15.9. The molecule has 2 bridgehead atoms. The molecule has 0 radical (unpaired) electrons. The van der Waals surface area contributed by atoms with E-state index in [9.17, 15) is 13.6 Å². The van der Waals surface area contributed by atoms with Gasteiger partial charge in [-0.3, -0.25) is 14.4 Å². The molecule has 1 N–H and O–H groups in total. The van der Waals surface area contributed by atoms with Crippen molar-refractivity contribution in [2.75, 3.05) is 13.2 Å². The number of hydrogen-bond donors (Lipinski definition) is 1. The molecule has 3 aromatic carbocycles. The maximum Gasteiger partial charge on any atom is 0.272 e. The third-order valence-electron chi connectivity index (χ3n) is 7.40. The van der Waals surface area contributed by atoms with Crippen LogP contribution in [0.5, 0.6) is 0 Å². The first-order valence-corrected chi connectivity index (χ1v) is 12.6. The molecule has 2 fully saturated rings. The Labute approximate surface area is 213 Å². The van der Waals surface area contributed by atoms with Crippen LogP contribution in [0, 0.1) is 11.6 Å². The van der Waals surface area contributed by atoms with Crippen molar-refractivity contribution in [3.05, 3.63) is 101 Å². The quantitative estimate of drug-likeness (QED) is 0.421. The van der Waals surface area contributed by atoms with E-state index in [1.165, 1.54) is 24.3 Å². The van der Waals surface area contributed by atoms with Crippen LogP contribution in [-0.2, 0) is 17.8 Å². The Bertz CT molecular complexity index is 1390. The molecule has 0 spiro atoms. The maximum absolute atomic E-state index is 13.4. The molecule has 2 aliphatic rings. The molecule has 4 aromatic rings. The summed E-state index contributed by atoms with van der Waals surface area (Å²) in [6.45, 7) is 2.40. The smallest absolute Gasteiger partial charge is 0.272 e.